The van der Waals surface area contributed by atoms with E-state index in [1.165, 1.54) is 205 Å². The van der Waals surface area contributed by atoms with Crippen molar-refractivity contribution in [2.45, 2.75) is 304 Å². The van der Waals surface area contributed by atoms with E-state index in [0.717, 1.165) is 94.7 Å². The molecule has 16 atom stereocenters. The average Bonchev–Trinajstić information content (AvgIpc) is 4.52. The Kier molecular flexibility index (Phi) is 17.9. The van der Waals surface area contributed by atoms with Gasteiger partial charge in [0.1, 0.15) is 0 Å². The Morgan fingerprint density at radius 2 is 0.183 bits per heavy atom. The van der Waals surface area contributed by atoms with E-state index in [0.29, 0.717) is 98.7 Å². The van der Waals surface area contributed by atoms with Crippen LogP contribution in [0.25, 0.3) is 0 Å². The molecule has 82 heavy (non-hydrogen) atoms. The standard InChI is InChI=1S/2C32H56N8.H4Si.Zn/c2*1-2-10-18-17(9-1)25-33-26(18)38-28-21-13-5-6-14-22(21)30(35-28)40-32-24-16-8-7-15-23(24)31(36-32)39-29-20-12-4-3-11-19(20)27(34-29)37-25;;/h2*17-40H,1-16H2;1H4;. The zero-order valence-corrected chi connectivity index (χ0v) is 52.8. The van der Waals surface area contributed by atoms with Crippen molar-refractivity contribution < 1.29 is 19.5 Å². The molecular weight excluding hydrogens is 1090 g/mol. The van der Waals surface area contributed by atoms with Gasteiger partial charge in [-0.15, -0.1) is 0 Å². The second kappa shape index (κ2) is 25.1. The van der Waals surface area contributed by atoms with Crippen LogP contribution in [-0.4, -0.2) is 110 Å². The molecule has 8 saturated carbocycles. The molecule has 16 bridgehead atoms. The van der Waals surface area contributed by atoms with E-state index in [1.54, 1.807) is 0 Å². The Hall–Kier alpha value is 0.200. The molecule has 8 aliphatic carbocycles. The number of nitrogens with one attached hydrogen (secondary N) is 16. The number of fused-ring (bicyclic) bond motifs is 40. The van der Waals surface area contributed by atoms with E-state index >= 15 is 0 Å². The van der Waals surface area contributed by atoms with Crippen molar-refractivity contribution in [3.8, 4) is 0 Å². The Morgan fingerprint density at radius 3 is 0.244 bits per heavy atom. The normalized spacial score (nSPS) is 56.2. The van der Waals surface area contributed by atoms with Gasteiger partial charge in [-0.3, -0.25) is 85.1 Å². The van der Waals surface area contributed by atoms with Crippen LogP contribution in [0.4, 0.5) is 0 Å². The molecule has 18 aliphatic rings. The maximum absolute atomic E-state index is 4.26. The molecule has 10 heterocycles. The average molecular weight is 1200 g/mol. The molecule has 18 heteroatoms. The van der Waals surface area contributed by atoms with E-state index in [1.807, 2.05) is 0 Å². The van der Waals surface area contributed by atoms with Gasteiger partial charge in [-0.25, -0.2) is 0 Å². The Bertz CT molecular complexity index is 1580. The van der Waals surface area contributed by atoms with Crippen LogP contribution in [0.3, 0.4) is 0 Å². The predicted molar refractivity (Wildman–Crippen MR) is 326 cm³/mol. The second-order valence-corrected chi connectivity index (χ2v) is 31.2. The van der Waals surface area contributed by atoms with Crippen LogP contribution in [-0.2, 0) is 19.5 Å². The van der Waals surface area contributed by atoms with Crippen LogP contribution in [0.1, 0.15) is 205 Å². The van der Waals surface area contributed by atoms with Crippen molar-refractivity contribution in [3.05, 3.63) is 0 Å². The quantitative estimate of drug-likeness (QED) is 0.157. The van der Waals surface area contributed by atoms with Gasteiger partial charge >= 0.3 is 0 Å². The molecule has 458 valence electrons. The fourth-order valence-electron chi connectivity index (χ4n) is 23.9. The molecule has 0 aromatic rings. The molecule has 0 spiro atoms. The minimum atomic E-state index is 0. The first kappa shape index (κ1) is 58.6. The summed E-state index contributed by atoms with van der Waals surface area (Å²) in [4.78, 5) is 0. The SMILES string of the molecule is C1CCC2C3NC(NC4NC(NC5NC(NC6NC(N3)C3CCCCC63)C3CCCCC53)C3CCCCC43)C2C1.C1CCC2C3NC(NC4NC(NC5NC(NC6NC(N3)C3CCCCC63)C3CCCCC53)C3CCCCC43)C2C1.[SiH4].[Zn]. The van der Waals surface area contributed by atoms with E-state index in [-0.39, 0.29) is 30.4 Å². The Labute approximate surface area is 511 Å². The fourth-order valence-corrected chi connectivity index (χ4v) is 23.9. The minimum Gasteiger partial charge on any atom is -0.286 e. The summed E-state index contributed by atoms with van der Waals surface area (Å²) in [7, 11) is 0. The molecule has 0 aromatic carbocycles. The predicted octanol–water partition coefficient (Wildman–Crippen LogP) is 3.76. The number of hydrogen-bond acceptors (Lipinski definition) is 16. The minimum absolute atomic E-state index is 0. The summed E-state index contributed by atoms with van der Waals surface area (Å²) in [5, 5.41) is 67.6. The van der Waals surface area contributed by atoms with Crippen LogP contribution in [0.15, 0.2) is 0 Å². The van der Waals surface area contributed by atoms with E-state index in [9.17, 15) is 0 Å². The summed E-state index contributed by atoms with van der Waals surface area (Å²) in [6.45, 7) is 0. The third kappa shape index (κ3) is 10.8. The molecule has 18 rings (SSSR count). The first-order valence-electron chi connectivity index (χ1n) is 35.8. The topological polar surface area (TPSA) is 192 Å². The first-order valence-corrected chi connectivity index (χ1v) is 35.8. The van der Waals surface area contributed by atoms with Gasteiger partial charge in [-0.2, -0.15) is 0 Å². The summed E-state index contributed by atoms with van der Waals surface area (Å²) in [6, 6.07) is 0. The van der Waals surface area contributed by atoms with Crippen molar-refractivity contribution >= 4 is 11.0 Å². The van der Waals surface area contributed by atoms with Gasteiger partial charge in [0.2, 0.25) is 0 Å². The molecule has 10 aliphatic heterocycles. The van der Waals surface area contributed by atoms with E-state index < -0.39 is 0 Å². The molecule has 18 fully saturated rings. The van der Waals surface area contributed by atoms with Crippen molar-refractivity contribution in [2.75, 3.05) is 0 Å². The zero-order valence-electron chi connectivity index (χ0n) is 49.8. The van der Waals surface area contributed by atoms with E-state index in [2.05, 4.69) is 85.1 Å². The van der Waals surface area contributed by atoms with E-state index in [4.69, 9.17) is 0 Å². The zero-order chi connectivity index (χ0) is 52.4. The molecule has 16 unspecified atom stereocenters. The largest absolute Gasteiger partial charge is 0.286 e. The van der Waals surface area contributed by atoms with Gasteiger partial charge in [0.25, 0.3) is 0 Å². The van der Waals surface area contributed by atoms with Crippen molar-refractivity contribution in [2.24, 2.45) is 94.7 Å². The Morgan fingerprint density at radius 1 is 0.122 bits per heavy atom. The van der Waals surface area contributed by atoms with Gasteiger partial charge in [-0.05, 0) is 208 Å². The third-order valence-corrected chi connectivity index (χ3v) is 27.6. The fraction of sp³-hybridized carbons (Fsp3) is 1.00. The Balaban J connectivity index is 0.000000137. The summed E-state index contributed by atoms with van der Waals surface area (Å²) >= 11 is 0. The molecule has 0 aromatic heterocycles. The molecule has 0 radical (unpaired) electrons. The van der Waals surface area contributed by atoms with Crippen molar-refractivity contribution in [1.82, 2.24) is 85.1 Å². The maximum atomic E-state index is 4.26. The van der Waals surface area contributed by atoms with Gasteiger partial charge in [0, 0.05) is 19.5 Å². The molecule has 16 N–H and O–H groups in total. The van der Waals surface area contributed by atoms with Gasteiger partial charge in [0.15, 0.2) is 0 Å². The molecule has 16 nitrogen and oxygen atoms in total. The van der Waals surface area contributed by atoms with Crippen molar-refractivity contribution in [3.63, 3.8) is 0 Å². The van der Waals surface area contributed by atoms with Gasteiger partial charge < -0.3 is 0 Å². The second-order valence-electron chi connectivity index (χ2n) is 31.2. The first-order chi connectivity index (χ1) is 39.6. The van der Waals surface area contributed by atoms with Gasteiger partial charge in [0.05, 0.1) is 98.7 Å². The maximum Gasteiger partial charge on any atom is 0.0628 e. The van der Waals surface area contributed by atoms with Crippen LogP contribution >= 0.6 is 0 Å². The third-order valence-electron chi connectivity index (χ3n) is 27.6. The summed E-state index contributed by atoms with van der Waals surface area (Å²) < 4.78 is 0. The van der Waals surface area contributed by atoms with Crippen molar-refractivity contribution in [1.29, 1.82) is 0 Å². The number of rotatable bonds is 0. The molecular formula is C64H116N16SiZn. The van der Waals surface area contributed by atoms with Crippen LogP contribution in [0.5, 0.6) is 0 Å². The van der Waals surface area contributed by atoms with Crippen LogP contribution in [0.2, 0.25) is 0 Å². The van der Waals surface area contributed by atoms with Crippen LogP contribution in [0, 0.1) is 94.7 Å². The summed E-state index contributed by atoms with van der Waals surface area (Å²) in [6.07, 6.45) is 51.1. The molecule has 10 saturated heterocycles. The summed E-state index contributed by atoms with van der Waals surface area (Å²) in [5.74, 6) is 11.9. The molecule has 0 amide bonds. The smallest absolute Gasteiger partial charge is 0.0628 e. The van der Waals surface area contributed by atoms with Gasteiger partial charge in [-0.1, -0.05) is 103 Å². The monoisotopic (exact) mass is 1200 g/mol. The summed E-state index contributed by atoms with van der Waals surface area (Å²) in [5.41, 5.74) is 0. The number of hydrogen-bond donors (Lipinski definition) is 16. The van der Waals surface area contributed by atoms with Crippen LogP contribution < -0.4 is 85.1 Å².